The summed E-state index contributed by atoms with van der Waals surface area (Å²) < 4.78 is 13.1. The summed E-state index contributed by atoms with van der Waals surface area (Å²) in [5.41, 5.74) is 1.07. The Morgan fingerprint density at radius 3 is 2.71 bits per heavy atom. The number of halogens is 1. The third kappa shape index (κ3) is 4.14. The van der Waals surface area contributed by atoms with E-state index in [1.807, 2.05) is 19.2 Å². The van der Waals surface area contributed by atoms with Crippen molar-refractivity contribution in [1.29, 1.82) is 0 Å². The normalized spacial score (nSPS) is 25.2. The van der Waals surface area contributed by atoms with E-state index in [4.69, 9.17) is 0 Å². The Morgan fingerprint density at radius 1 is 1.21 bits per heavy atom. The van der Waals surface area contributed by atoms with Crippen molar-refractivity contribution in [2.75, 3.05) is 33.2 Å². The highest BCUT2D eigenvalue weighted by Gasteiger charge is 2.35. The highest BCUT2D eigenvalue weighted by Crippen LogP contribution is 2.24. The van der Waals surface area contributed by atoms with Crippen molar-refractivity contribution in [3.05, 3.63) is 35.6 Å². The zero-order valence-corrected chi connectivity index (χ0v) is 14.5. The lowest BCUT2D eigenvalue weighted by Crippen LogP contribution is -2.50. The standard InChI is InChI=1S/C19H28FN3O/c1-21-12-16-4-2-11-23(14-16)19(24)18-5-3-10-22(18)13-15-6-8-17(20)9-7-15/h6-9,16,18,21H,2-5,10-14H2,1H3/t16-,18+/m1/s1. The van der Waals surface area contributed by atoms with Crippen LogP contribution in [0.4, 0.5) is 4.39 Å². The zero-order chi connectivity index (χ0) is 16.9. The van der Waals surface area contributed by atoms with E-state index >= 15 is 0 Å². The van der Waals surface area contributed by atoms with Gasteiger partial charge in [0.15, 0.2) is 0 Å². The van der Waals surface area contributed by atoms with Gasteiger partial charge in [0.25, 0.3) is 0 Å². The quantitative estimate of drug-likeness (QED) is 0.898. The van der Waals surface area contributed by atoms with Gasteiger partial charge >= 0.3 is 0 Å². The van der Waals surface area contributed by atoms with Gasteiger partial charge in [0.2, 0.25) is 5.91 Å². The van der Waals surface area contributed by atoms with Crippen molar-refractivity contribution in [1.82, 2.24) is 15.1 Å². The molecule has 5 heteroatoms. The fourth-order valence-electron chi connectivity index (χ4n) is 4.05. The molecule has 0 aliphatic carbocycles. The summed E-state index contributed by atoms with van der Waals surface area (Å²) >= 11 is 0. The molecule has 0 saturated carbocycles. The van der Waals surface area contributed by atoms with E-state index in [-0.39, 0.29) is 17.8 Å². The van der Waals surface area contributed by atoms with E-state index in [1.165, 1.54) is 18.6 Å². The van der Waals surface area contributed by atoms with Crippen molar-refractivity contribution in [2.24, 2.45) is 5.92 Å². The van der Waals surface area contributed by atoms with Crippen molar-refractivity contribution < 1.29 is 9.18 Å². The highest BCUT2D eigenvalue weighted by molar-refractivity contribution is 5.82. The molecule has 2 heterocycles. The number of likely N-dealkylation sites (tertiary alicyclic amines) is 2. The van der Waals surface area contributed by atoms with Crippen LogP contribution in [0.2, 0.25) is 0 Å². The van der Waals surface area contributed by atoms with E-state index in [0.717, 1.165) is 57.5 Å². The fourth-order valence-corrected chi connectivity index (χ4v) is 4.05. The van der Waals surface area contributed by atoms with Gasteiger partial charge in [0, 0.05) is 19.6 Å². The Bertz CT molecular complexity index is 546. The topological polar surface area (TPSA) is 35.6 Å². The van der Waals surface area contributed by atoms with Crippen molar-refractivity contribution in [3.63, 3.8) is 0 Å². The lowest BCUT2D eigenvalue weighted by atomic mass is 9.97. The number of hydrogen-bond acceptors (Lipinski definition) is 3. The molecule has 3 rings (SSSR count). The molecule has 0 unspecified atom stereocenters. The summed E-state index contributed by atoms with van der Waals surface area (Å²) in [4.78, 5) is 17.3. The van der Waals surface area contributed by atoms with Crippen LogP contribution in [-0.4, -0.2) is 55.0 Å². The average molecular weight is 333 g/mol. The van der Waals surface area contributed by atoms with Crippen LogP contribution in [0.25, 0.3) is 0 Å². The van der Waals surface area contributed by atoms with Gasteiger partial charge in [-0.15, -0.1) is 0 Å². The summed E-state index contributed by atoms with van der Waals surface area (Å²) in [6, 6.07) is 6.62. The maximum absolute atomic E-state index is 13.1. The molecule has 0 spiro atoms. The molecule has 132 valence electrons. The first-order chi connectivity index (χ1) is 11.7. The summed E-state index contributed by atoms with van der Waals surface area (Å²) in [6.07, 6.45) is 4.30. The van der Waals surface area contributed by atoms with Gasteiger partial charge in [-0.2, -0.15) is 0 Å². The van der Waals surface area contributed by atoms with Crippen LogP contribution in [0.15, 0.2) is 24.3 Å². The van der Waals surface area contributed by atoms with E-state index in [0.29, 0.717) is 5.92 Å². The third-order valence-corrected chi connectivity index (χ3v) is 5.27. The van der Waals surface area contributed by atoms with Crippen molar-refractivity contribution >= 4 is 5.91 Å². The Labute approximate surface area is 144 Å². The summed E-state index contributed by atoms with van der Waals surface area (Å²) in [5.74, 6) is 0.645. The predicted octanol–water partition coefficient (Wildman–Crippen LogP) is 2.25. The maximum Gasteiger partial charge on any atom is 0.239 e. The lowest BCUT2D eigenvalue weighted by Gasteiger charge is -2.36. The second kappa shape index (κ2) is 8.08. The van der Waals surface area contributed by atoms with E-state index in [9.17, 15) is 9.18 Å². The van der Waals surface area contributed by atoms with Crippen molar-refractivity contribution in [3.8, 4) is 0 Å². The fraction of sp³-hybridized carbons (Fsp3) is 0.632. The maximum atomic E-state index is 13.1. The number of amides is 1. The SMILES string of the molecule is CNC[C@H]1CCCN(C(=O)[C@@H]2CCCN2Cc2ccc(F)cc2)C1. The van der Waals surface area contributed by atoms with Gasteiger partial charge in [0.1, 0.15) is 5.82 Å². The van der Waals surface area contributed by atoms with Gasteiger partial charge < -0.3 is 10.2 Å². The lowest BCUT2D eigenvalue weighted by molar-refractivity contribution is -0.138. The molecule has 1 N–H and O–H groups in total. The Morgan fingerprint density at radius 2 is 1.96 bits per heavy atom. The molecule has 1 amide bonds. The molecule has 1 aromatic carbocycles. The molecule has 0 aromatic heterocycles. The molecule has 2 aliphatic heterocycles. The van der Waals surface area contributed by atoms with Crippen LogP contribution in [0, 0.1) is 11.7 Å². The van der Waals surface area contributed by atoms with Crippen LogP contribution < -0.4 is 5.32 Å². The van der Waals surface area contributed by atoms with Gasteiger partial charge in [-0.1, -0.05) is 12.1 Å². The smallest absolute Gasteiger partial charge is 0.239 e. The van der Waals surface area contributed by atoms with Crippen LogP contribution >= 0.6 is 0 Å². The van der Waals surface area contributed by atoms with Gasteiger partial charge in [-0.05, 0) is 69.4 Å². The molecular formula is C19H28FN3O. The Kier molecular flexibility index (Phi) is 5.85. The number of piperidine rings is 1. The summed E-state index contributed by atoms with van der Waals surface area (Å²) in [5, 5.41) is 3.23. The summed E-state index contributed by atoms with van der Waals surface area (Å²) in [7, 11) is 1.97. The molecule has 2 fully saturated rings. The molecule has 0 radical (unpaired) electrons. The minimum absolute atomic E-state index is 0.0108. The number of carbonyl (C=O) groups excluding carboxylic acids is 1. The Balaban J connectivity index is 1.61. The number of benzene rings is 1. The van der Waals surface area contributed by atoms with Crippen LogP contribution in [0.3, 0.4) is 0 Å². The molecule has 0 bridgehead atoms. The monoisotopic (exact) mass is 333 g/mol. The van der Waals surface area contributed by atoms with Crippen LogP contribution in [-0.2, 0) is 11.3 Å². The number of hydrogen-bond donors (Lipinski definition) is 1. The molecule has 2 atom stereocenters. The van der Waals surface area contributed by atoms with E-state index in [1.54, 1.807) is 0 Å². The molecule has 2 aliphatic rings. The first-order valence-corrected chi connectivity index (χ1v) is 9.09. The van der Waals surface area contributed by atoms with Gasteiger partial charge in [0.05, 0.1) is 6.04 Å². The first-order valence-electron chi connectivity index (χ1n) is 9.09. The third-order valence-electron chi connectivity index (χ3n) is 5.27. The highest BCUT2D eigenvalue weighted by atomic mass is 19.1. The van der Waals surface area contributed by atoms with Crippen molar-refractivity contribution in [2.45, 2.75) is 38.3 Å². The number of nitrogens with one attached hydrogen (secondary N) is 1. The van der Waals surface area contributed by atoms with E-state index in [2.05, 4.69) is 15.1 Å². The molecular weight excluding hydrogens is 305 g/mol. The second-order valence-corrected chi connectivity index (χ2v) is 7.11. The van der Waals surface area contributed by atoms with Crippen LogP contribution in [0.5, 0.6) is 0 Å². The van der Waals surface area contributed by atoms with Gasteiger partial charge in [-0.3, -0.25) is 9.69 Å². The van der Waals surface area contributed by atoms with E-state index < -0.39 is 0 Å². The minimum Gasteiger partial charge on any atom is -0.341 e. The van der Waals surface area contributed by atoms with Crippen LogP contribution in [0.1, 0.15) is 31.2 Å². The number of nitrogens with zero attached hydrogens (tertiary/aromatic N) is 2. The second-order valence-electron chi connectivity index (χ2n) is 7.11. The minimum atomic E-state index is -0.211. The predicted molar refractivity (Wildman–Crippen MR) is 93.1 cm³/mol. The molecule has 24 heavy (non-hydrogen) atoms. The first kappa shape index (κ1) is 17.4. The zero-order valence-electron chi connectivity index (χ0n) is 14.5. The molecule has 4 nitrogen and oxygen atoms in total. The average Bonchev–Trinajstić information content (AvgIpc) is 3.05. The molecule has 1 aromatic rings. The number of rotatable bonds is 5. The summed E-state index contributed by atoms with van der Waals surface area (Å²) in [6.45, 7) is 4.42. The molecule has 2 saturated heterocycles. The number of carbonyl (C=O) groups is 1. The Hall–Kier alpha value is -1.46. The van der Waals surface area contributed by atoms with Gasteiger partial charge in [-0.25, -0.2) is 4.39 Å². The largest absolute Gasteiger partial charge is 0.341 e.